The van der Waals surface area contributed by atoms with Crippen molar-refractivity contribution in [3.8, 4) is 0 Å². The van der Waals surface area contributed by atoms with E-state index in [0.717, 1.165) is 5.82 Å². The predicted molar refractivity (Wildman–Crippen MR) is 61.9 cm³/mol. The summed E-state index contributed by atoms with van der Waals surface area (Å²) in [4.78, 5) is 15.7. The molecule has 0 aliphatic carbocycles. The van der Waals surface area contributed by atoms with Crippen molar-refractivity contribution in [2.24, 2.45) is 7.05 Å². The van der Waals surface area contributed by atoms with E-state index in [1.165, 1.54) is 0 Å². The van der Waals surface area contributed by atoms with Crippen LogP contribution in [0.3, 0.4) is 0 Å². The largest absolute Gasteiger partial charge is 0.349 e. The van der Waals surface area contributed by atoms with Gasteiger partial charge in [0.05, 0.1) is 6.54 Å². The molecule has 6 heteroatoms. The lowest BCUT2D eigenvalue weighted by Gasteiger charge is -2.05. The summed E-state index contributed by atoms with van der Waals surface area (Å²) in [6.45, 7) is 1.06. The molecular formula is C11H15N5O. The Morgan fingerprint density at radius 1 is 1.41 bits per heavy atom. The highest BCUT2D eigenvalue weighted by Crippen LogP contribution is 1.94. The molecule has 0 spiro atoms. The van der Waals surface area contributed by atoms with Crippen LogP contribution in [0.25, 0.3) is 0 Å². The molecule has 90 valence electrons. The molecule has 1 amide bonds. The molecule has 2 rings (SSSR count). The van der Waals surface area contributed by atoms with E-state index < -0.39 is 0 Å². The number of nitrogens with one attached hydrogen (secondary N) is 1. The number of hydrogen-bond acceptors (Lipinski definition) is 3. The number of nitrogens with zero attached hydrogens (tertiary/aromatic N) is 4. The molecule has 2 aromatic heterocycles. The van der Waals surface area contributed by atoms with E-state index in [-0.39, 0.29) is 5.91 Å². The van der Waals surface area contributed by atoms with Gasteiger partial charge in [0.25, 0.3) is 0 Å². The third kappa shape index (κ3) is 3.17. The van der Waals surface area contributed by atoms with Crippen molar-refractivity contribution in [3.63, 3.8) is 0 Å². The quantitative estimate of drug-likeness (QED) is 0.809. The Morgan fingerprint density at radius 2 is 2.29 bits per heavy atom. The zero-order chi connectivity index (χ0) is 12.1. The summed E-state index contributed by atoms with van der Waals surface area (Å²) in [7, 11) is 1.90. The van der Waals surface area contributed by atoms with Gasteiger partial charge in [-0.3, -0.25) is 9.48 Å². The highest BCUT2D eigenvalue weighted by atomic mass is 16.1. The molecular weight excluding hydrogens is 218 g/mol. The first-order valence-corrected chi connectivity index (χ1v) is 5.46. The van der Waals surface area contributed by atoms with Crippen LogP contribution in [0.5, 0.6) is 0 Å². The number of imidazole rings is 1. The minimum absolute atomic E-state index is 0.00324. The van der Waals surface area contributed by atoms with Gasteiger partial charge in [-0.25, -0.2) is 4.98 Å². The molecule has 0 radical (unpaired) electrons. The summed E-state index contributed by atoms with van der Waals surface area (Å²) in [6, 6.07) is 1.84. The maximum absolute atomic E-state index is 11.6. The Hall–Kier alpha value is -2.11. The van der Waals surface area contributed by atoms with Gasteiger partial charge in [0, 0.05) is 44.8 Å². The van der Waals surface area contributed by atoms with Gasteiger partial charge in [0.2, 0.25) is 5.91 Å². The second kappa shape index (κ2) is 5.29. The third-order valence-corrected chi connectivity index (χ3v) is 2.49. The molecule has 0 aliphatic rings. The highest BCUT2D eigenvalue weighted by molar-refractivity contribution is 5.75. The third-order valence-electron chi connectivity index (χ3n) is 2.49. The Balaban J connectivity index is 1.73. The molecule has 6 nitrogen and oxygen atoms in total. The Labute approximate surface area is 99.3 Å². The van der Waals surface area contributed by atoms with Crippen LogP contribution in [0.2, 0.25) is 0 Å². The Morgan fingerprint density at radius 3 is 2.94 bits per heavy atom. The van der Waals surface area contributed by atoms with Crippen LogP contribution in [-0.2, 0) is 24.9 Å². The van der Waals surface area contributed by atoms with Crippen LogP contribution in [0.4, 0.5) is 0 Å². The van der Waals surface area contributed by atoms with Crippen molar-refractivity contribution < 1.29 is 4.79 Å². The predicted octanol–water partition coefficient (Wildman–Crippen LogP) is 0.323. The average Bonchev–Trinajstić information content (AvgIpc) is 2.95. The van der Waals surface area contributed by atoms with E-state index in [9.17, 15) is 4.79 Å². The maximum Gasteiger partial charge on any atom is 0.222 e. The first-order valence-electron chi connectivity index (χ1n) is 5.46. The van der Waals surface area contributed by atoms with Crippen LogP contribution in [-0.4, -0.2) is 25.2 Å². The molecule has 0 aromatic carbocycles. The number of carbonyl (C=O) groups is 1. The highest BCUT2D eigenvalue weighted by Gasteiger charge is 2.04. The number of carbonyl (C=O) groups excluding carboxylic acids is 1. The number of aryl methyl sites for hydroxylation is 2. The SMILES string of the molecule is Cn1ccnc1CNC(=O)CCn1cccn1. The first-order chi connectivity index (χ1) is 8.25. The average molecular weight is 233 g/mol. The molecule has 0 saturated carbocycles. The molecule has 0 fully saturated rings. The molecule has 0 unspecified atom stereocenters. The fourth-order valence-corrected chi connectivity index (χ4v) is 1.48. The van der Waals surface area contributed by atoms with Crippen molar-refractivity contribution in [1.29, 1.82) is 0 Å². The van der Waals surface area contributed by atoms with Gasteiger partial charge in [-0.15, -0.1) is 0 Å². The van der Waals surface area contributed by atoms with Crippen LogP contribution in [0.15, 0.2) is 30.9 Å². The van der Waals surface area contributed by atoms with E-state index >= 15 is 0 Å². The molecule has 0 saturated heterocycles. The lowest BCUT2D eigenvalue weighted by atomic mass is 10.4. The lowest BCUT2D eigenvalue weighted by molar-refractivity contribution is -0.121. The normalized spacial score (nSPS) is 10.4. The maximum atomic E-state index is 11.6. The van der Waals surface area contributed by atoms with Gasteiger partial charge >= 0.3 is 0 Å². The first kappa shape index (κ1) is 11.4. The van der Waals surface area contributed by atoms with Crippen molar-refractivity contribution >= 4 is 5.91 Å². The molecule has 1 N–H and O–H groups in total. The van der Waals surface area contributed by atoms with Crippen LogP contribution < -0.4 is 5.32 Å². The number of amides is 1. The van der Waals surface area contributed by atoms with Crippen LogP contribution >= 0.6 is 0 Å². The minimum Gasteiger partial charge on any atom is -0.349 e. The van der Waals surface area contributed by atoms with Crippen LogP contribution in [0, 0.1) is 0 Å². The lowest BCUT2D eigenvalue weighted by Crippen LogP contribution is -2.25. The molecule has 0 bridgehead atoms. The number of hydrogen-bond donors (Lipinski definition) is 1. The molecule has 17 heavy (non-hydrogen) atoms. The van der Waals surface area contributed by atoms with E-state index in [2.05, 4.69) is 15.4 Å². The van der Waals surface area contributed by atoms with Crippen molar-refractivity contribution in [1.82, 2.24) is 24.6 Å². The standard InChI is InChI=1S/C11H15N5O/c1-15-8-5-12-10(15)9-13-11(17)3-7-16-6-2-4-14-16/h2,4-6,8H,3,7,9H2,1H3,(H,13,17). The van der Waals surface area contributed by atoms with Crippen molar-refractivity contribution in [3.05, 3.63) is 36.7 Å². The summed E-state index contributed by atoms with van der Waals surface area (Å²) in [5, 5.41) is 6.86. The van der Waals surface area contributed by atoms with Gasteiger partial charge in [0.15, 0.2) is 0 Å². The number of aromatic nitrogens is 4. The smallest absolute Gasteiger partial charge is 0.222 e. The van der Waals surface area contributed by atoms with Gasteiger partial charge in [-0.1, -0.05) is 0 Å². The minimum atomic E-state index is 0.00324. The van der Waals surface area contributed by atoms with Crippen LogP contribution in [0.1, 0.15) is 12.2 Å². The summed E-state index contributed by atoms with van der Waals surface area (Å²) in [5.41, 5.74) is 0. The second-order valence-electron chi connectivity index (χ2n) is 3.75. The zero-order valence-corrected chi connectivity index (χ0v) is 9.71. The zero-order valence-electron chi connectivity index (χ0n) is 9.71. The Bertz CT molecular complexity index is 474. The van der Waals surface area contributed by atoms with Gasteiger partial charge in [-0.2, -0.15) is 5.10 Å². The summed E-state index contributed by atoms with van der Waals surface area (Å²) in [5.74, 6) is 0.848. The fraction of sp³-hybridized carbons (Fsp3) is 0.364. The summed E-state index contributed by atoms with van der Waals surface area (Å²) in [6.07, 6.45) is 7.53. The van der Waals surface area contributed by atoms with Gasteiger partial charge < -0.3 is 9.88 Å². The molecule has 0 atom stereocenters. The van der Waals surface area contributed by atoms with E-state index in [1.54, 1.807) is 17.1 Å². The number of rotatable bonds is 5. The Kier molecular flexibility index (Phi) is 3.54. The summed E-state index contributed by atoms with van der Waals surface area (Å²) >= 11 is 0. The van der Waals surface area contributed by atoms with E-state index in [4.69, 9.17) is 0 Å². The summed E-state index contributed by atoms with van der Waals surface area (Å²) < 4.78 is 3.62. The molecule has 2 heterocycles. The van der Waals surface area contributed by atoms with Crippen molar-refractivity contribution in [2.45, 2.75) is 19.5 Å². The van der Waals surface area contributed by atoms with E-state index in [1.807, 2.05) is 30.1 Å². The molecule has 2 aromatic rings. The molecule has 0 aliphatic heterocycles. The van der Waals surface area contributed by atoms with E-state index in [0.29, 0.717) is 19.5 Å². The second-order valence-corrected chi connectivity index (χ2v) is 3.75. The monoisotopic (exact) mass is 233 g/mol. The topological polar surface area (TPSA) is 64.7 Å². The van der Waals surface area contributed by atoms with Gasteiger partial charge in [0.1, 0.15) is 5.82 Å². The van der Waals surface area contributed by atoms with Crippen molar-refractivity contribution in [2.75, 3.05) is 0 Å². The fourth-order valence-electron chi connectivity index (χ4n) is 1.48. The van der Waals surface area contributed by atoms with Gasteiger partial charge in [-0.05, 0) is 6.07 Å².